The first kappa shape index (κ1) is 12.2. The number of aliphatic hydroxyl groups is 1. The number of aryl methyl sites for hydroxylation is 2. The average molecular weight is 251 g/mol. The second kappa shape index (κ2) is 4.94. The van der Waals surface area contributed by atoms with Crippen LogP contribution in [0.1, 0.15) is 27.9 Å². The molecule has 1 aromatic carbocycles. The van der Waals surface area contributed by atoms with E-state index in [0.717, 1.165) is 16.3 Å². The molecule has 0 saturated carbocycles. The van der Waals surface area contributed by atoms with Crippen molar-refractivity contribution < 1.29 is 9.50 Å². The van der Waals surface area contributed by atoms with Crippen molar-refractivity contribution >= 4 is 11.3 Å². The molecule has 1 heterocycles. The molecule has 0 saturated heterocycles. The van der Waals surface area contributed by atoms with Crippen molar-refractivity contribution in [2.75, 3.05) is 0 Å². The molecule has 1 N–H and O–H groups in total. The van der Waals surface area contributed by atoms with E-state index in [1.165, 1.54) is 12.1 Å². The lowest BCUT2D eigenvalue weighted by Crippen LogP contribution is -2.03. The number of aromatic nitrogens is 1. The maximum atomic E-state index is 13.2. The Hall–Kier alpha value is -1.26. The summed E-state index contributed by atoms with van der Waals surface area (Å²) in [6.07, 6.45) is -0.279. The highest BCUT2D eigenvalue weighted by atomic mass is 32.1. The van der Waals surface area contributed by atoms with Gasteiger partial charge < -0.3 is 5.11 Å². The minimum Gasteiger partial charge on any atom is -0.388 e. The summed E-state index contributed by atoms with van der Waals surface area (Å²) in [6.45, 7) is 3.74. The molecule has 0 fully saturated rings. The van der Waals surface area contributed by atoms with Gasteiger partial charge >= 0.3 is 0 Å². The van der Waals surface area contributed by atoms with Crippen LogP contribution in [0.5, 0.6) is 0 Å². The Morgan fingerprint density at radius 3 is 2.71 bits per heavy atom. The maximum Gasteiger partial charge on any atom is 0.123 e. The van der Waals surface area contributed by atoms with Gasteiger partial charge in [-0.25, -0.2) is 9.37 Å². The van der Waals surface area contributed by atoms with E-state index in [4.69, 9.17) is 0 Å². The summed E-state index contributed by atoms with van der Waals surface area (Å²) in [6, 6.07) is 4.62. The zero-order chi connectivity index (χ0) is 12.4. The van der Waals surface area contributed by atoms with E-state index in [0.29, 0.717) is 12.0 Å². The van der Waals surface area contributed by atoms with E-state index in [9.17, 15) is 9.50 Å². The molecular weight excluding hydrogens is 237 g/mol. The number of hydrogen-bond donors (Lipinski definition) is 1. The van der Waals surface area contributed by atoms with Gasteiger partial charge in [-0.1, -0.05) is 6.07 Å². The molecular formula is C13H14FNOS. The van der Waals surface area contributed by atoms with Crippen molar-refractivity contribution in [3.63, 3.8) is 0 Å². The highest BCUT2D eigenvalue weighted by Gasteiger charge is 2.12. The van der Waals surface area contributed by atoms with Crippen LogP contribution in [0.25, 0.3) is 0 Å². The Kier molecular flexibility index (Phi) is 3.54. The molecule has 4 heteroatoms. The fraction of sp³-hybridized carbons (Fsp3) is 0.308. The summed E-state index contributed by atoms with van der Waals surface area (Å²) >= 11 is 1.55. The zero-order valence-electron chi connectivity index (χ0n) is 9.77. The van der Waals surface area contributed by atoms with Gasteiger partial charge in [0, 0.05) is 11.8 Å². The molecule has 0 spiro atoms. The predicted octanol–water partition coefficient (Wildman–Crippen LogP) is 3.18. The Morgan fingerprint density at radius 2 is 2.12 bits per heavy atom. The van der Waals surface area contributed by atoms with Gasteiger partial charge in [0.25, 0.3) is 0 Å². The molecule has 0 bridgehead atoms. The molecule has 1 aromatic heterocycles. The lowest BCUT2D eigenvalue weighted by atomic mass is 10.0. The van der Waals surface area contributed by atoms with E-state index >= 15 is 0 Å². The van der Waals surface area contributed by atoms with E-state index in [1.807, 2.05) is 19.2 Å². The smallest absolute Gasteiger partial charge is 0.123 e. The van der Waals surface area contributed by atoms with Crippen molar-refractivity contribution in [1.82, 2.24) is 4.98 Å². The fourth-order valence-electron chi connectivity index (χ4n) is 1.77. The van der Waals surface area contributed by atoms with Crippen molar-refractivity contribution in [2.45, 2.75) is 26.4 Å². The third-order valence-corrected chi connectivity index (χ3v) is 3.34. The summed E-state index contributed by atoms with van der Waals surface area (Å²) in [5.74, 6) is -0.312. The van der Waals surface area contributed by atoms with Crippen LogP contribution >= 0.6 is 11.3 Å². The molecule has 0 amide bonds. The van der Waals surface area contributed by atoms with Gasteiger partial charge in [-0.2, -0.15) is 0 Å². The van der Waals surface area contributed by atoms with Crippen molar-refractivity contribution in [1.29, 1.82) is 0 Å². The third kappa shape index (κ3) is 3.11. The molecule has 1 unspecified atom stereocenters. The Morgan fingerprint density at radius 1 is 1.35 bits per heavy atom. The lowest BCUT2D eigenvalue weighted by molar-refractivity contribution is 0.177. The Balaban J connectivity index is 2.16. The van der Waals surface area contributed by atoms with Gasteiger partial charge in [0.2, 0.25) is 0 Å². The van der Waals surface area contributed by atoms with E-state index in [1.54, 1.807) is 17.4 Å². The highest BCUT2D eigenvalue weighted by Crippen LogP contribution is 2.21. The lowest BCUT2D eigenvalue weighted by Gasteiger charge is -2.10. The van der Waals surface area contributed by atoms with Crippen molar-refractivity contribution in [3.05, 3.63) is 51.2 Å². The predicted molar refractivity (Wildman–Crippen MR) is 66.7 cm³/mol. The monoisotopic (exact) mass is 251 g/mol. The number of hydrogen-bond acceptors (Lipinski definition) is 3. The maximum absolute atomic E-state index is 13.2. The minimum atomic E-state index is -0.703. The summed E-state index contributed by atoms with van der Waals surface area (Å²) in [4.78, 5) is 4.29. The largest absolute Gasteiger partial charge is 0.388 e. The quantitative estimate of drug-likeness (QED) is 0.909. The Bertz CT molecular complexity index is 504. The van der Waals surface area contributed by atoms with Crippen LogP contribution in [0.3, 0.4) is 0 Å². The number of nitrogens with zero attached hydrogens (tertiary/aromatic N) is 1. The first-order chi connectivity index (χ1) is 8.04. The van der Waals surface area contributed by atoms with Crippen LogP contribution < -0.4 is 0 Å². The van der Waals surface area contributed by atoms with Crippen molar-refractivity contribution in [2.24, 2.45) is 0 Å². The molecule has 1 atom stereocenters. The molecule has 17 heavy (non-hydrogen) atoms. The molecule has 0 aliphatic carbocycles. The van der Waals surface area contributed by atoms with Gasteiger partial charge in [0.15, 0.2) is 0 Å². The molecule has 0 radical (unpaired) electrons. The highest BCUT2D eigenvalue weighted by molar-refractivity contribution is 7.09. The van der Waals surface area contributed by atoms with Gasteiger partial charge in [0.05, 0.1) is 16.8 Å². The second-order valence-electron chi connectivity index (χ2n) is 4.14. The first-order valence-electron chi connectivity index (χ1n) is 5.41. The third-order valence-electron chi connectivity index (χ3n) is 2.52. The van der Waals surface area contributed by atoms with Gasteiger partial charge in [-0.15, -0.1) is 11.3 Å². The molecule has 2 aromatic rings. The molecule has 0 aliphatic heterocycles. The summed E-state index contributed by atoms with van der Waals surface area (Å²) in [7, 11) is 0. The summed E-state index contributed by atoms with van der Waals surface area (Å²) in [5.41, 5.74) is 2.27. The summed E-state index contributed by atoms with van der Waals surface area (Å²) in [5, 5.41) is 12.9. The fourth-order valence-corrected chi connectivity index (χ4v) is 2.40. The standard InChI is InChI=1S/C13H14FNOS/c1-8-3-10(5-11(14)4-8)13(16)6-12-7-17-9(2)15-12/h3-5,7,13,16H,6H2,1-2H3. The van der Waals surface area contributed by atoms with Gasteiger partial charge in [-0.05, 0) is 37.1 Å². The molecule has 2 rings (SSSR count). The van der Waals surface area contributed by atoms with Gasteiger partial charge in [0.1, 0.15) is 5.82 Å². The number of benzene rings is 1. The van der Waals surface area contributed by atoms with Crippen LogP contribution in [-0.2, 0) is 6.42 Å². The van der Waals surface area contributed by atoms with E-state index < -0.39 is 6.10 Å². The van der Waals surface area contributed by atoms with Crippen LogP contribution in [0, 0.1) is 19.7 Å². The van der Waals surface area contributed by atoms with Crippen LogP contribution in [0.4, 0.5) is 4.39 Å². The van der Waals surface area contributed by atoms with E-state index in [2.05, 4.69) is 4.98 Å². The minimum absolute atomic E-state index is 0.312. The molecule has 90 valence electrons. The number of halogens is 1. The number of rotatable bonds is 3. The Labute approximate surface area is 104 Å². The summed E-state index contributed by atoms with van der Waals surface area (Å²) < 4.78 is 13.2. The normalized spacial score (nSPS) is 12.7. The van der Waals surface area contributed by atoms with Crippen molar-refractivity contribution in [3.8, 4) is 0 Å². The zero-order valence-corrected chi connectivity index (χ0v) is 10.6. The number of thiazole rings is 1. The average Bonchev–Trinajstić information content (AvgIpc) is 2.62. The van der Waals surface area contributed by atoms with Crippen LogP contribution in [-0.4, -0.2) is 10.1 Å². The molecule has 2 nitrogen and oxygen atoms in total. The van der Waals surface area contributed by atoms with Crippen LogP contribution in [0.2, 0.25) is 0 Å². The topological polar surface area (TPSA) is 33.1 Å². The number of aliphatic hydroxyl groups excluding tert-OH is 1. The SMILES string of the molecule is Cc1cc(F)cc(C(O)Cc2csc(C)n2)c1. The van der Waals surface area contributed by atoms with Crippen LogP contribution in [0.15, 0.2) is 23.6 Å². The van der Waals surface area contributed by atoms with Gasteiger partial charge in [-0.3, -0.25) is 0 Å². The first-order valence-corrected chi connectivity index (χ1v) is 6.29. The second-order valence-corrected chi connectivity index (χ2v) is 5.20. The molecule has 0 aliphatic rings. The van der Waals surface area contributed by atoms with E-state index in [-0.39, 0.29) is 5.82 Å².